The summed E-state index contributed by atoms with van der Waals surface area (Å²) in [4.78, 5) is 5.26. The number of hydrogen-bond acceptors (Lipinski definition) is 3. The van der Waals surface area contributed by atoms with Crippen molar-refractivity contribution in [2.24, 2.45) is 0 Å². The topological polar surface area (TPSA) is 36.7 Å². The van der Waals surface area contributed by atoms with Crippen molar-refractivity contribution in [2.75, 3.05) is 0 Å². The van der Waals surface area contributed by atoms with Gasteiger partial charge >= 0.3 is 0 Å². The fourth-order valence-electron chi connectivity index (χ4n) is 1.11. The summed E-state index contributed by atoms with van der Waals surface area (Å²) < 4.78 is 0. The van der Waals surface area contributed by atoms with Crippen molar-refractivity contribution in [2.45, 2.75) is 39.5 Å². The normalized spacial score (nSPS) is 10.4. The second-order valence-corrected chi connectivity index (χ2v) is 4.38. The Labute approximate surface area is 83.2 Å². The molecule has 13 heavy (non-hydrogen) atoms. The fourth-order valence-corrected chi connectivity index (χ4v) is 2.02. The highest BCUT2D eigenvalue weighted by Crippen LogP contribution is 2.24. The van der Waals surface area contributed by atoms with Crippen molar-refractivity contribution in [3.8, 4) is 6.07 Å². The number of thiazole rings is 1. The molecule has 70 valence electrons. The van der Waals surface area contributed by atoms with E-state index in [1.54, 1.807) is 0 Å². The summed E-state index contributed by atoms with van der Waals surface area (Å²) in [6.07, 6.45) is 1.97. The Morgan fingerprint density at radius 3 is 2.69 bits per heavy atom. The van der Waals surface area contributed by atoms with Gasteiger partial charge in [0, 0.05) is 5.92 Å². The lowest BCUT2D eigenvalue weighted by Crippen LogP contribution is -1.89. The Bertz CT molecular complexity index is 320. The van der Waals surface area contributed by atoms with Crippen molar-refractivity contribution in [3.05, 3.63) is 15.6 Å². The molecule has 0 aromatic carbocycles. The standard InChI is InChI=1S/C10H14N2S/c1-4-5-8-9(6-11)13-10(12-8)7(2)3/h7H,4-5H2,1-3H3. The SMILES string of the molecule is CCCc1nc(C(C)C)sc1C#N. The van der Waals surface area contributed by atoms with E-state index in [1.165, 1.54) is 11.3 Å². The van der Waals surface area contributed by atoms with Crippen LogP contribution >= 0.6 is 11.3 Å². The predicted molar refractivity (Wildman–Crippen MR) is 54.9 cm³/mol. The molecule has 0 atom stereocenters. The average molecular weight is 194 g/mol. The highest BCUT2D eigenvalue weighted by molar-refractivity contribution is 7.12. The zero-order valence-electron chi connectivity index (χ0n) is 8.29. The summed E-state index contributed by atoms with van der Waals surface area (Å²) >= 11 is 1.54. The van der Waals surface area contributed by atoms with Crippen LogP contribution in [0.1, 0.15) is 48.7 Å². The first kappa shape index (κ1) is 10.2. The van der Waals surface area contributed by atoms with Crippen molar-refractivity contribution in [1.29, 1.82) is 5.26 Å². The number of hydrogen-bond donors (Lipinski definition) is 0. The lowest BCUT2D eigenvalue weighted by molar-refractivity contribution is 0.821. The van der Waals surface area contributed by atoms with Crippen LogP contribution in [-0.4, -0.2) is 4.98 Å². The maximum atomic E-state index is 8.86. The van der Waals surface area contributed by atoms with Gasteiger partial charge in [-0.2, -0.15) is 5.26 Å². The molecule has 0 N–H and O–H groups in total. The fraction of sp³-hybridized carbons (Fsp3) is 0.600. The molecule has 0 bridgehead atoms. The van der Waals surface area contributed by atoms with Crippen LogP contribution in [0.2, 0.25) is 0 Å². The van der Waals surface area contributed by atoms with Gasteiger partial charge in [-0.1, -0.05) is 27.2 Å². The minimum atomic E-state index is 0.433. The van der Waals surface area contributed by atoms with E-state index >= 15 is 0 Å². The van der Waals surface area contributed by atoms with Crippen molar-refractivity contribution in [3.63, 3.8) is 0 Å². The van der Waals surface area contributed by atoms with Crippen LogP contribution in [0.25, 0.3) is 0 Å². The number of aromatic nitrogens is 1. The molecule has 0 unspecified atom stereocenters. The molecular weight excluding hydrogens is 180 g/mol. The third kappa shape index (κ3) is 2.28. The summed E-state index contributed by atoms with van der Waals surface area (Å²) in [5.74, 6) is 0.433. The summed E-state index contributed by atoms with van der Waals surface area (Å²) in [6.45, 7) is 6.32. The third-order valence-corrected chi connectivity index (χ3v) is 3.10. The van der Waals surface area contributed by atoms with E-state index in [4.69, 9.17) is 5.26 Å². The quantitative estimate of drug-likeness (QED) is 0.741. The van der Waals surface area contributed by atoms with Gasteiger partial charge in [-0.05, 0) is 6.42 Å². The van der Waals surface area contributed by atoms with Crippen LogP contribution < -0.4 is 0 Å². The molecule has 0 saturated heterocycles. The van der Waals surface area contributed by atoms with Crippen molar-refractivity contribution < 1.29 is 0 Å². The first-order valence-electron chi connectivity index (χ1n) is 4.58. The molecule has 0 saturated carbocycles. The predicted octanol–water partition coefficient (Wildman–Crippen LogP) is 3.09. The highest BCUT2D eigenvalue weighted by Gasteiger charge is 2.11. The van der Waals surface area contributed by atoms with Crippen LogP contribution in [0.5, 0.6) is 0 Å². The largest absolute Gasteiger partial charge is 0.245 e. The van der Waals surface area contributed by atoms with Crippen LogP contribution in [-0.2, 0) is 6.42 Å². The highest BCUT2D eigenvalue weighted by atomic mass is 32.1. The maximum absolute atomic E-state index is 8.86. The second kappa shape index (κ2) is 4.38. The maximum Gasteiger partial charge on any atom is 0.128 e. The van der Waals surface area contributed by atoms with E-state index in [2.05, 4.69) is 31.8 Å². The lowest BCUT2D eigenvalue weighted by atomic mass is 10.2. The molecule has 0 aliphatic carbocycles. The Hall–Kier alpha value is -0.880. The molecule has 1 rings (SSSR count). The zero-order chi connectivity index (χ0) is 9.84. The first-order chi connectivity index (χ1) is 6.19. The minimum absolute atomic E-state index is 0.433. The summed E-state index contributed by atoms with van der Waals surface area (Å²) in [5, 5.41) is 9.94. The minimum Gasteiger partial charge on any atom is -0.245 e. The van der Waals surface area contributed by atoms with Gasteiger partial charge < -0.3 is 0 Å². The van der Waals surface area contributed by atoms with E-state index in [-0.39, 0.29) is 0 Å². The van der Waals surface area contributed by atoms with Crippen molar-refractivity contribution in [1.82, 2.24) is 4.98 Å². The van der Waals surface area contributed by atoms with Crippen molar-refractivity contribution >= 4 is 11.3 Å². The van der Waals surface area contributed by atoms with Gasteiger partial charge in [0.1, 0.15) is 10.9 Å². The van der Waals surface area contributed by atoms with E-state index in [0.717, 1.165) is 28.4 Å². The number of nitriles is 1. The van der Waals surface area contributed by atoms with E-state index in [9.17, 15) is 0 Å². The molecule has 1 aromatic heterocycles. The molecule has 0 radical (unpaired) electrons. The molecule has 3 heteroatoms. The monoisotopic (exact) mass is 194 g/mol. The van der Waals surface area contributed by atoms with E-state index in [0.29, 0.717) is 5.92 Å². The number of nitrogens with zero attached hydrogens (tertiary/aromatic N) is 2. The molecule has 0 aliphatic heterocycles. The van der Waals surface area contributed by atoms with Gasteiger partial charge in [0.15, 0.2) is 0 Å². The van der Waals surface area contributed by atoms with Gasteiger partial charge in [-0.25, -0.2) is 4.98 Å². The Morgan fingerprint density at radius 1 is 1.54 bits per heavy atom. The summed E-state index contributed by atoms with van der Waals surface area (Å²) in [6, 6.07) is 2.21. The summed E-state index contributed by atoms with van der Waals surface area (Å²) in [7, 11) is 0. The number of rotatable bonds is 3. The molecular formula is C10H14N2S. The Morgan fingerprint density at radius 2 is 2.23 bits per heavy atom. The van der Waals surface area contributed by atoms with Crippen LogP contribution in [0.3, 0.4) is 0 Å². The zero-order valence-corrected chi connectivity index (χ0v) is 9.11. The van der Waals surface area contributed by atoms with Gasteiger partial charge in [-0.3, -0.25) is 0 Å². The van der Waals surface area contributed by atoms with E-state index in [1.807, 2.05) is 0 Å². The molecule has 1 aromatic rings. The van der Waals surface area contributed by atoms with Crippen LogP contribution in [0.15, 0.2) is 0 Å². The first-order valence-corrected chi connectivity index (χ1v) is 5.40. The molecule has 0 aliphatic rings. The third-order valence-electron chi connectivity index (χ3n) is 1.80. The molecule has 1 heterocycles. The van der Waals surface area contributed by atoms with Gasteiger partial charge in [-0.15, -0.1) is 11.3 Å². The Kier molecular flexibility index (Phi) is 3.44. The van der Waals surface area contributed by atoms with Crippen LogP contribution in [0, 0.1) is 11.3 Å². The Balaban J connectivity index is 2.99. The second-order valence-electron chi connectivity index (χ2n) is 3.34. The van der Waals surface area contributed by atoms with Gasteiger partial charge in [0.05, 0.1) is 10.7 Å². The smallest absolute Gasteiger partial charge is 0.128 e. The molecule has 0 fully saturated rings. The van der Waals surface area contributed by atoms with Gasteiger partial charge in [0.25, 0.3) is 0 Å². The summed E-state index contributed by atoms with van der Waals surface area (Å²) in [5.41, 5.74) is 0.985. The van der Waals surface area contributed by atoms with Crippen LogP contribution in [0.4, 0.5) is 0 Å². The van der Waals surface area contributed by atoms with Gasteiger partial charge in [0.2, 0.25) is 0 Å². The molecule has 2 nitrogen and oxygen atoms in total. The van der Waals surface area contributed by atoms with E-state index < -0.39 is 0 Å². The molecule has 0 spiro atoms. The number of aryl methyl sites for hydroxylation is 1. The lowest BCUT2D eigenvalue weighted by Gasteiger charge is -1.95. The average Bonchev–Trinajstić information content (AvgIpc) is 2.48. The molecule has 0 amide bonds.